The van der Waals surface area contributed by atoms with Crippen LogP contribution >= 0.6 is 0 Å². The van der Waals surface area contributed by atoms with Gasteiger partial charge in [-0.2, -0.15) is 17.6 Å². The van der Waals surface area contributed by atoms with Gasteiger partial charge in [-0.1, -0.05) is 0 Å². The fourth-order valence-electron chi connectivity index (χ4n) is 0.327. The highest BCUT2D eigenvalue weighted by Gasteiger charge is 2.33. The van der Waals surface area contributed by atoms with Crippen molar-refractivity contribution < 1.29 is 17.6 Å². The molecule has 11 heavy (non-hydrogen) atoms. The molecule has 0 bridgehead atoms. The zero-order valence-electron chi connectivity index (χ0n) is 6.04. The van der Waals surface area contributed by atoms with E-state index in [-0.39, 0.29) is 0 Å². The van der Waals surface area contributed by atoms with E-state index in [2.05, 4.69) is 4.99 Å². The molecule has 0 aliphatic rings. The number of nitrogens with zero attached hydrogens (tertiary/aromatic N) is 1. The van der Waals surface area contributed by atoms with Gasteiger partial charge >= 0.3 is 6.18 Å². The third kappa shape index (κ3) is 3.15. The van der Waals surface area contributed by atoms with Crippen LogP contribution in [0.5, 0.6) is 0 Å². The first kappa shape index (κ1) is 10.1. The lowest BCUT2D eigenvalue weighted by atomic mass is 10.3. The summed E-state index contributed by atoms with van der Waals surface area (Å²) < 4.78 is 47.2. The second kappa shape index (κ2) is 3.50. The van der Waals surface area contributed by atoms with Crippen molar-refractivity contribution in [1.82, 2.24) is 0 Å². The van der Waals surface area contributed by atoms with Crippen molar-refractivity contribution in [3.8, 4) is 0 Å². The second-order valence-corrected chi connectivity index (χ2v) is 1.80. The van der Waals surface area contributed by atoms with Gasteiger partial charge < -0.3 is 0 Å². The summed E-state index contributed by atoms with van der Waals surface area (Å²) in [7, 11) is 0. The van der Waals surface area contributed by atoms with Crippen LogP contribution in [0.2, 0.25) is 0 Å². The van der Waals surface area contributed by atoms with Crippen LogP contribution in [0.4, 0.5) is 17.6 Å². The molecular formula is C6H7F4N. The summed E-state index contributed by atoms with van der Waals surface area (Å²) in [5.41, 5.74) is -1.31. The minimum atomic E-state index is -4.63. The molecule has 64 valence electrons. The van der Waals surface area contributed by atoms with Gasteiger partial charge in [-0.05, 0) is 13.8 Å². The van der Waals surface area contributed by atoms with Gasteiger partial charge in [-0.3, -0.25) is 0 Å². The third-order valence-electron chi connectivity index (χ3n) is 0.977. The summed E-state index contributed by atoms with van der Waals surface area (Å²) in [5, 5.41) is 0. The number of hydrogen-bond acceptors (Lipinski definition) is 1. The van der Waals surface area contributed by atoms with E-state index < -0.39 is 17.7 Å². The Morgan fingerprint density at radius 2 is 1.82 bits per heavy atom. The molecule has 0 atom stereocenters. The Hall–Kier alpha value is -0.870. The molecule has 0 N–H and O–H groups in total. The monoisotopic (exact) mass is 169 g/mol. The molecule has 0 heterocycles. The van der Waals surface area contributed by atoms with Crippen molar-refractivity contribution in [3.05, 3.63) is 11.5 Å². The molecule has 5 heteroatoms. The van der Waals surface area contributed by atoms with Crippen molar-refractivity contribution in [2.24, 2.45) is 4.99 Å². The highest BCUT2D eigenvalue weighted by Crippen LogP contribution is 2.28. The molecule has 0 saturated carbocycles. The van der Waals surface area contributed by atoms with Gasteiger partial charge in [0.25, 0.3) is 0 Å². The fourth-order valence-corrected chi connectivity index (χ4v) is 0.327. The molecule has 0 rings (SSSR count). The van der Waals surface area contributed by atoms with E-state index in [0.717, 1.165) is 6.21 Å². The molecule has 0 unspecified atom stereocenters. The van der Waals surface area contributed by atoms with Gasteiger partial charge in [-0.15, -0.1) is 0 Å². The summed E-state index contributed by atoms with van der Waals surface area (Å²) >= 11 is 0. The number of hydrogen-bond donors (Lipinski definition) is 0. The zero-order chi connectivity index (χ0) is 9.07. The van der Waals surface area contributed by atoms with Gasteiger partial charge in [0.2, 0.25) is 5.95 Å². The first-order valence-corrected chi connectivity index (χ1v) is 2.82. The average molecular weight is 169 g/mol. The van der Waals surface area contributed by atoms with Crippen molar-refractivity contribution in [2.75, 3.05) is 0 Å². The van der Waals surface area contributed by atoms with E-state index in [1.165, 1.54) is 6.92 Å². The average Bonchev–Trinajstić information content (AvgIpc) is 1.85. The van der Waals surface area contributed by atoms with Crippen LogP contribution in [0.15, 0.2) is 16.5 Å². The van der Waals surface area contributed by atoms with Crippen LogP contribution in [-0.4, -0.2) is 12.4 Å². The van der Waals surface area contributed by atoms with E-state index in [0.29, 0.717) is 6.92 Å². The van der Waals surface area contributed by atoms with E-state index in [1.807, 2.05) is 0 Å². The van der Waals surface area contributed by atoms with Crippen molar-refractivity contribution >= 4 is 6.21 Å². The number of alkyl halides is 3. The lowest BCUT2D eigenvalue weighted by molar-refractivity contribution is -0.0932. The zero-order valence-corrected chi connectivity index (χ0v) is 6.04. The van der Waals surface area contributed by atoms with Crippen LogP contribution in [-0.2, 0) is 0 Å². The maximum Gasteiger partial charge on any atom is 0.416 e. The lowest BCUT2D eigenvalue weighted by Crippen LogP contribution is -2.10. The second-order valence-electron chi connectivity index (χ2n) is 1.80. The van der Waals surface area contributed by atoms with E-state index in [1.54, 1.807) is 0 Å². The molecule has 0 radical (unpaired) electrons. The van der Waals surface area contributed by atoms with E-state index in [9.17, 15) is 17.6 Å². The smallest absolute Gasteiger partial charge is 0.233 e. The molecule has 0 spiro atoms. The Kier molecular flexibility index (Phi) is 3.22. The highest BCUT2D eigenvalue weighted by atomic mass is 19.4. The molecule has 0 aliphatic heterocycles. The molecule has 0 fully saturated rings. The number of aliphatic imine (C=N–C) groups is 1. The standard InChI is InChI=1S/C6H7F4N/c1-3-11-5(7)4(2)6(8,9)10/h3H,1-2H3/b5-4-,11-3?. The highest BCUT2D eigenvalue weighted by molar-refractivity contribution is 5.55. The number of allylic oxidation sites excluding steroid dienone is 1. The first-order chi connectivity index (χ1) is 4.89. The minimum Gasteiger partial charge on any atom is -0.233 e. The Balaban J connectivity index is 4.67. The molecule has 0 aromatic carbocycles. The minimum absolute atomic E-state index is 0.641. The predicted octanol–water partition coefficient (Wildman–Crippen LogP) is 2.84. The van der Waals surface area contributed by atoms with Crippen LogP contribution in [0.25, 0.3) is 0 Å². The summed E-state index contributed by atoms with van der Waals surface area (Å²) in [6.07, 6.45) is -3.67. The largest absolute Gasteiger partial charge is 0.416 e. The molecule has 1 nitrogen and oxygen atoms in total. The Labute approximate surface area is 61.4 Å². The summed E-state index contributed by atoms with van der Waals surface area (Å²) in [5.74, 6) is -1.49. The molecule has 0 aromatic rings. The van der Waals surface area contributed by atoms with Crippen molar-refractivity contribution in [2.45, 2.75) is 20.0 Å². The summed E-state index contributed by atoms with van der Waals surface area (Å²) in [4.78, 5) is 2.86. The topological polar surface area (TPSA) is 12.4 Å². The van der Waals surface area contributed by atoms with Crippen LogP contribution in [0.3, 0.4) is 0 Å². The Morgan fingerprint density at radius 3 is 2.09 bits per heavy atom. The molecule has 0 amide bonds. The molecule has 0 saturated heterocycles. The van der Waals surface area contributed by atoms with Crippen LogP contribution < -0.4 is 0 Å². The van der Waals surface area contributed by atoms with Gasteiger partial charge in [0, 0.05) is 6.21 Å². The maximum atomic E-state index is 12.3. The molecule has 0 aliphatic carbocycles. The van der Waals surface area contributed by atoms with Gasteiger partial charge in [-0.25, -0.2) is 4.99 Å². The fraction of sp³-hybridized carbons (Fsp3) is 0.500. The van der Waals surface area contributed by atoms with Gasteiger partial charge in [0.15, 0.2) is 0 Å². The molecule has 0 aromatic heterocycles. The first-order valence-electron chi connectivity index (χ1n) is 2.82. The van der Waals surface area contributed by atoms with Gasteiger partial charge in [0.1, 0.15) is 0 Å². The predicted molar refractivity (Wildman–Crippen MR) is 34.0 cm³/mol. The van der Waals surface area contributed by atoms with Crippen LogP contribution in [0, 0.1) is 0 Å². The van der Waals surface area contributed by atoms with Crippen molar-refractivity contribution in [3.63, 3.8) is 0 Å². The number of halogens is 4. The summed E-state index contributed by atoms with van der Waals surface area (Å²) in [6.45, 7) is 1.98. The SMILES string of the molecule is CC=N/C(F)=C(/C)C(F)(F)F. The van der Waals surface area contributed by atoms with Crippen molar-refractivity contribution in [1.29, 1.82) is 0 Å². The maximum absolute atomic E-state index is 12.3. The van der Waals surface area contributed by atoms with E-state index in [4.69, 9.17) is 0 Å². The normalized spacial score (nSPS) is 15.5. The Morgan fingerprint density at radius 1 is 1.36 bits per heavy atom. The molecular weight excluding hydrogens is 162 g/mol. The lowest BCUT2D eigenvalue weighted by Gasteiger charge is -2.04. The van der Waals surface area contributed by atoms with Crippen LogP contribution in [0.1, 0.15) is 13.8 Å². The van der Waals surface area contributed by atoms with E-state index >= 15 is 0 Å². The summed E-state index contributed by atoms with van der Waals surface area (Å²) in [6, 6.07) is 0. The van der Waals surface area contributed by atoms with Gasteiger partial charge in [0.05, 0.1) is 5.57 Å². The Bertz CT molecular complexity index is 189. The third-order valence-corrected chi connectivity index (χ3v) is 0.977. The number of rotatable bonds is 1. The quantitative estimate of drug-likeness (QED) is 0.325.